The van der Waals surface area contributed by atoms with Crippen LogP contribution in [0.1, 0.15) is 0 Å². The lowest BCUT2D eigenvalue weighted by Crippen LogP contribution is -2.42. The van der Waals surface area contributed by atoms with Gasteiger partial charge in [0.1, 0.15) is 18.6 Å². The number of aldehydes is 1. The van der Waals surface area contributed by atoms with Crippen LogP contribution in [-0.2, 0) is 4.79 Å². The van der Waals surface area contributed by atoms with Crippen LogP contribution in [0.4, 0.5) is 0 Å². The number of carbonyl (C=O) groups is 1. The van der Waals surface area contributed by atoms with Crippen LogP contribution in [0.15, 0.2) is 23.9 Å². The Morgan fingerprint density at radius 2 is 2.50 bits per heavy atom. The summed E-state index contributed by atoms with van der Waals surface area (Å²) in [6.45, 7) is 0. The number of hydroxylamine groups is 4. The number of nitriles is 1. The maximum atomic E-state index is 11.0. The standard InChI is InChI=1S/C7H6N2O3/c8-4-7-3-6(5-10)1-2-9(7,11)12/h1-3,5,7,11H. The van der Waals surface area contributed by atoms with Crippen molar-refractivity contribution in [2.45, 2.75) is 6.04 Å². The molecule has 2 atom stereocenters. The molecule has 0 aromatic heterocycles. The summed E-state index contributed by atoms with van der Waals surface area (Å²) in [5.74, 6) is 0. The van der Waals surface area contributed by atoms with Crippen molar-refractivity contribution >= 4 is 6.29 Å². The summed E-state index contributed by atoms with van der Waals surface area (Å²) in [7, 11) is 0. The summed E-state index contributed by atoms with van der Waals surface area (Å²) in [6, 6.07) is 0.327. The van der Waals surface area contributed by atoms with E-state index >= 15 is 0 Å². The molecule has 5 heteroatoms. The van der Waals surface area contributed by atoms with Crippen molar-refractivity contribution in [2.75, 3.05) is 0 Å². The Bertz CT molecular complexity index is 298. The molecule has 0 fully saturated rings. The first-order valence-corrected chi connectivity index (χ1v) is 3.18. The maximum Gasteiger partial charge on any atom is 0.229 e. The highest BCUT2D eigenvalue weighted by molar-refractivity contribution is 5.77. The van der Waals surface area contributed by atoms with Crippen molar-refractivity contribution < 1.29 is 14.8 Å². The van der Waals surface area contributed by atoms with Gasteiger partial charge in [-0.1, -0.05) is 0 Å². The molecule has 0 saturated carbocycles. The molecule has 0 aromatic rings. The normalized spacial score (nSPS) is 33.8. The van der Waals surface area contributed by atoms with Crippen molar-refractivity contribution in [2.24, 2.45) is 0 Å². The summed E-state index contributed by atoms with van der Waals surface area (Å²) in [4.78, 5) is 8.44. The van der Waals surface area contributed by atoms with Gasteiger partial charge < -0.3 is 5.21 Å². The highest BCUT2D eigenvalue weighted by atomic mass is 16.8. The molecule has 1 N–H and O–H groups in total. The number of carbonyl (C=O) groups excluding carboxylic acids is 1. The molecule has 1 aliphatic rings. The van der Waals surface area contributed by atoms with Crippen molar-refractivity contribution in [1.82, 2.24) is 0 Å². The van der Waals surface area contributed by atoms with Crippen LogP contribution >= 0.6 is 0 Å². The fraction of sp³-hybridized carbons (Fsp3) is 0.143. The SMILES string of the molecule is N#CC1C=C(C=O)C=C[N+]1([O-])O. The second-order valence-corrected chi connectivity index (χ2v) is 2.35. The van der Waals surface area contributed by atoms with E-state index < -0.39 is 10.9 Å². The molecule has 12 heavy (non-hydrogen) atoms. The molecule has 0 aliphatic carbocycles. The van der Waals surface area contributed by atoms with Gasteiger partial charge in [-0.25, -0.2) is 5.21 Å². The van der Waals surface area contributed by atoms with E-state index in [4.69, 9.17) is 10.5 Å². The van der Waals surface area contributed by atoms with Gasteiger partial charge in [-0.05, 0) is 0 Å². The van der Waals surface area contributed by atoms with E-state index in [1.807, 2.05) is 0 Å². The van der Waals surface area contributed by atoms with E-state index in [2.05, 4.69) is 0 Å². The topological polar surface area (TPSA) is 84.2 Å². The predicted octanol–water partition coefficient (Wildman–Crippen LogP) is 0.235. The van der Waals surface area contributed by atoms with Crippen LogP contribution in [0.25, 0.3) is 0 Å². The van der Waals surface area contributed by atoms with Gasteiger partial charge >= 0.3 is 0 Å². The lowest BCUT2D eigenvalue weighted by Gasteiger charge is -2.33. The maximum absolute atomic E-state index is 11.0. The zero-order valence-corrected chi connectivity index (χ0v) is 6.04. The van der Waals surface area contributed by atoms with E-state index in [1.54, 1.807) is 6.07 Å². The van der Waals surface area contributed by atoms with Crippen LogP contribution in [0.5, 0.6) is 0 Å². The highest BCUT2D eigenvalue weighted by Gasteiger charge is 2.26. The van der Waals surface area contributed by atoms with Crippen LogP contribution < -0.4 is 0 Å². The number of quaternary nitrogens is 1. The third-order valence-electron chi connectivity index (χ3n) is 1.50. The smallest absolute Gasteiger partial charge is 0.229 e. The van der Waals surface area contributed by atoms with Crippen molar-refractivity contribution in [1.29, 1.82) is 5.26 Å². The molecule has 5 nitrogen and oxygen atoms in total. The number of rotatable bonds is 1. The van der Waals surface area contributed by atoms with Crippen LogP contribution in [-0.4, -0.2) is 22.3 Å². The van der Waals surface area contributed by atoms with E-state index in [9.17, 15) is 10.0 Å². The minimum absolute atomic E-state index is 0.222. The minimum Gasteiger partial charge on any atom is -0.592 e. The average molecular weight is 166 g/mol. The van der Waals surface area contributed by atoms with Crippen molar-refractivity contribution in [3.63, 3.8) is 0 Å². The second-order valence-electron chi connectivity index (χ2n) is 2.35. The molecule has 1 heterocycles. The van der Waals surface area contributed by atoms with Gasteiger partial charge in [-0.3, -0.25) is 4.79 Å². The first-order valence-electron chi connectivity index (χ1n) is 3.18. The number of hydrogen-bond donors (Lipinski definition) is 1. The third-order valence-corrected chi connectivity index (χ3v) is 1.50. The molecule has 62 valence electrons. The largest absolute Gasteiger partial charge is 0.592 e. The van der Waals surface area contributed by atoms with Crippen LogP contribution in [0.3, 0.4) is 0 Å². The molecule has 0 amide bonds. The molecule has 2 unspecified atom stereocenters. The van der Waals surface area contributed by atoms with Gasteiger partial charge in [0, 0.05) is 17.7 Å². The van der Waals surface area contributed by atoms with Gasteiger partial charge in [0.2, 0.25) is 6.04 Å². The molecular formula is C7H6N2O3. The van der Waals surface area contributed by atoms with Gasteiger partial charge in [-0.2, -0.15) is 10.1 Å². The lowest BCUT2D eigenvalue weighted by molar-refractivity contribution is -1.03. The Morgan fingerprint density at radius 1 is 1.83 bits per heavy atom. The van der Waals surface area contributed by atoms with E-state index in [0.29, 0.717) is 6.29 Å². The Labute approximate surface area is 68.6 Å². The Hall–Kier alpha value is -1.48. The molecule has 0 bridgehead atoms. The second kappa shape index (κ2) is 2.87. The summed E-state index contributed by atoms with van der Waals surface area (Å²) in [5.41, 5.74) is 0.222. The molecule has 0 aromatic carbocycles. The fourth-order valence-corrected chi connectivity index (χ4v) is 0.829. The minimum atomic E-state index is -1.77. The molecule has 0 radical (unpaired) electrons. The number of nitrogens with zero attached hydrogens (tertiary/aromatic N) is 2. The quantitative estimate of drug-likeness (QED) is 0.343. The van der Waals surface area contributed by atoms with E-state index in [-0.39, 0.29) is 5.57 Å². The average Bonchev–Trinajstić information content (AvgIpc) is 2.04. The summed E-state index contributed by atoms with van der Waals surface area (Å²) < 4.78 is 0. The highest BCUT2D eigenvalue weighted by Crippen LogP contribution is 2.17. The Morgan fingerprint density at radius 3 is 3.00 bits per heavy atom. The Kier molecular flexibility index (Phi) is 2.06. The first kappa shape index (κ1) is 8.62. The summed E-state index contributed by atoms with van der Waals surface area (Å²) in [6.07, 6.45) is 3.66. The third kappa shape index (κ3) is 1.40. The first-order chi connectivity index (χ1) is 5.60. The van der Waals surface area contributed by atoms with Gasteiger partial charge in [-0.15, -0.1) is 0 Å². The summed E-state index contributed by atoms with van der Waals surface area (Å²) >= 11 is 0. The van der Waals surface area contributed by atoms with Gasteiger partial charge in [0.05, 0.1) is 0 Å². The summed E-state index contributed by atoms with van der Waals surface area (Å²) in [5, 5.41) is 28.3. The predicted molar refractivity (Wildman–Crippen MR) is 38.1 cm³/mol. The molecule has 1 rings (SSSR count). The Balaban J connectivity index is 2.99. The fourth-order valence-electron chi connectivity index (χ4n) is 0.829. The number of allylic oxidation sites excluding steroid dienone is 2. The zero-order chi connectivity index (χ0) is 9.19. The van der Waals surface area contributed by atoms with Gasteiger partial charge in [0.25, 0.3) is 0 Å². The van der Waals surface area contributed by atoms with E-state index in [0.717, 1.165) is 12.3 Å². The molecule has 1 aliphatic heterocycles. The van der Waals surface area contributed by atoms with Crippen LogP contribution in [0, 0.1) is 16.5 Å². The monoisotopic (exact) mass is 166 g/mol. The molecular weight excluding hydrogens is 160 g/mol. The van der Waals surface area contributed by atoms with E-state index in [1.165, 1.54) is 6.08 Å². The molecule has 0 spiro atoms. The van der Waals surface area contributed by atoms with Crippen molar-refractivity contribution in [3.05, 3.63) is 29.1 Å². The van der Waals surface area contributed by atoms with Crippen molar-refractivity contribution in [3.8, 4) is 6.07 Å². The zero-order valence-electron chi connectivity index (χ0n) is 6.04. The van der Waals surface area contributed by atoms with Crippen LogP contribution in [0.2, 0.25) is 0 Å². The molecule has 0 saturated heterocycles. The van der Waals surface area contributed by atoms with Gasteiger partial charge in [0.15, 0.2) is 0 Å². The lowest BCUT2D eigenvalue weighted by atomic mass is 10.1. The number of hydrogen-bond acceptors (Lipinski definition) is 4.